The third kappa shape index (κ3) is 2.71. The average molecular weight is 220 g/mol. The van der Waals surface area contributed by atoms with Gasteiger partial charge in [-0.3, -0.25) is 4.79 Å². The van der Waals surface area contributed by atoms with Crippen LogP contribution >= 0.6 is 0 Å². The molecule has 2 rings (SSSR count). The molecule has 1 heterocycles. The highest BCUT2D eigenvalue weighted by molar-refractivity contribution is 5.81. The fourth-order valence-corrected chi connectivity index (χ4v) is 2.51. The van der Waals surface area contributed by atoms with Crippen LogP contribution in [-0.4, -0.2) is 15.3 Å². The van der Waals surface area contributed by atoms with E-state index in [1.54, 1.807) is 0 Å². The van der Waals surface area contributed by atoms with Crippen molar-refractivity contribution in [3.63, 3.8) is 0 Å². The van der Waals surface area contributed by atoms with Crippen LogP contribution in [0.15, 0.2) is 12.4 Å². The summed E-state index contributed by atoms with van der Waals surface area (Å²) in [4.78, 5) is 16.1. The lowest BCUT2D eigenvalue weighted by atomic mass is 9.98. The fraction of sp³-hybridized carbons (Fsp3) is 0.692. The molecule has 3 heteroatoms. The molecule has 1 aromatic heterocycles. The van der Waals surface area contributed by atoms with Crippen molar-refractivity contribution in [3.8, 4) is 0 Å². The molecule has 0 N–H and O–H groups in total. The number of carbonyl (C=O) groups excluding carboxylic acids is 1. The Balaban J connectivity index is 1.71. The number of hydrogen-bond donors (Lipinski definition) is 0. The molecule has 88 valence electrons. The summed E-state index contributed by atoms with van der Waals surface area (Å²) in [5.41, 5.74) is 0. The molecule has 1 saturated carbocycles. The number of rotatable bonds is 5. The van der Waals surface area contributed by atoms with Gasteiger partial charge >= 0.3 is 0 Å². The lowest BCUT2D eigenvalue weighted by molar-refractivity contribution is -0.122. The smallest absolute Gasteiger partial charge is 0.135 e. The van der Waals surface area contributed by atoms with Crippen molar-refractivity contribution >= 4 is 5.78 Å². The Morgan fingerprint density at radius 1 is 1.50 bits per heavy atom. The molecule has 0 radical (unpaired) electrons. The van der Waals surface area contributed by atoms with Crippen LogP contribution in [0.3, 0.4) is 0 Å². The first-order valence-corrected chi connectivity index (χ1v) is 6.26. The molecule has 0 aromatic carbocycles. The van der Waals surface area contributed by atoms with E-state index in [0.717, 1.165) is 37.9 Å². The summed E-state index contributed by atoms with van der Waals surface area (Å²) in [6.45, 7) is 0. The number of hydrogen-bond acceptors (Lipinski definition) is 2. The summed E-state index contributed by atoms with van der Waals surface area (Å²) in [7, 11) is 2.00. The van der Waals surface area contributed by atoms with Gasteiger partial charge in [0.15, 0.2) is 0 Å². The molecule has 0 unspecified atom stereocenters. The summed E-state index contributed by atoms with van der Waals surface area (Å²) in [5, 5.41) is 0. The minimum absolute atomic E-state index is 0.376. The van der Waals surface area contributed by atoms with Crippen LogP contribution in [0.5, 0.6) is 0 Å². The number of nitrogens with zero attached hydrogens (tertiary/aromatic N) is 2. The molecule has 3 nitrogen and oxygen atoms in total. The maximum atomic E-state index is 11.8. The highest BCUT2D eigenvalue weighted by Gasteiger charge is 2.21. The van der Waals surface area contributed by atoms with Crippen molar-refractivity contribution in [1.29, 1.82) is 0 Å². The zero-order valence-electron chi connectivity index (χ0n) is 9.98. The van der Waals surface area contributed by atoms with E-state index < -0.39 is 0 Å². The van der Waals surface area contributed by atoms with Crippen LogP contribution in [0, 0.1) is 5.92 Å². The van der Waals surface area contributed by atoms with Crippen LogP contribution in [0.4, 0.5) is 0 Å². The van der Waals surface area contributed by atoms with E-state index in [0.29, 0.717) is 11.7 Å². The van der Waals surface area contributed by atoms with E-state index in [1.165, 1.54) is 12.8 Å². The van der Waals surface area contributed by atoms with Crippen molar-refractivity contribution in [2.45, 2.75) is 44.9 Å². The molecule has 1 aliphatic carbocycles. The second-order valence-corrected chi connectivity index (χ2v) is 4.76. The lowest BCUT2D eigenvalue weighted by Gasteiger charge is -2.07. The zero-order chi connectivity index (χ0) is 11.4. The first kappa shape index (κ1) is 11.4. The van der Waals surface area contributed by atoms with Gasteiger partial charge in [-0.2, -0.15) is 0 Å². The Kier molecular flexibility index (Phi) is 3.75. The highest BCUT2D eigenvalue weighted by atomic mass is 16.1. The quantitative estimate of drug-likeness (QED) is 0.764. The number of imidazole rings is 1. The predicted molar refractivity (Wildman–Crippen MR) is 63.1 cm³/mol. The number of ketones is 1. The molecule has 16 heavy (non-hydrogen) atoms. The van der Waals surface area contributed by atoms with Crippen molar-refractivity contribution in [1.82, 2.24) is 9.55 Å². The van der Waals surface area contributed by atoms with Crippen molar-refractivity contribution in [2.75, 3.05) is 0 Å². The van der Waals surface area contributed by atoms with Gasteiger partial charge in [-0.25, -0.2) is 4.98 Å². The molecule has 0 bridgehead atoms. The van der Waals surface area contributed by atoms with E-state index in [9.17, 15) is 4.79 Å². The van der Waals surface area contributed by atoms with Gasteiger partial charge < -0.3 is 4.57 Å². The van der Waals surface area contributed by atoms with Crippen LogP contribution in [0.25, 0.3) is 0 Å². The maximum absolute atomic E-state index is 11.8. The first-order chi connectivity index (χ1) is 7.77. The van der Waals surface area contributed by atoms with Gasteiger partial charge in [-0.1, -0.05) is 12.8 Å². The Morgan fingerprint density at radius 3 is 2.88 bits per heavy atom. The highest BCUT2D eigenvalue weighted by Crippen LogP contribution is 2.26. The Bertz CT molecular complexity index is 351. The van der Waals surface area contributed by atoms with E-state index >= 15 is 0 Å². The topological polar surface area (TPSA) is 34.9 Å². The van der Waals surface area contributed by atoms with Crippen LogP contribution in [-0.2, 0) is 18.3 Å². The van der Waals surface area contributed by atoms with Crippen LogP contribution < -0.4 is 0 Å². The minimum atomic E-state index is 0.376. The fourth-order valence-electron chi connectivity index (χ4n) is 2.51. The zero-order valence-corrected chi connectivity index (χ0v) is 9.98. The molecular weight excluding hydrogens is 200 g/mol. The van der Waals surface area contributed by atoms with Gasteiger partial charge in [-0.05, 0) is 19.3 Å². The van der Waals surface area contributed by atoms with Crippen LogP contribution in [0.1, 0.15) is 44.3 Å². The molecule has 1 aromatic rings. The van der Waals surface area contributed by atoms with E-state index in [-0.39, 0.29) is 0 Å². The summed E-state index contributed by atoms with van der Waals surface area (Å²) in [6.07, 6.45) is 11.1. The molecule has 0 aliphatic heterocycles. The monoisotopic (exact) mass is 220 g/mol. The molecule has 0 saturated heterocycles. The van der Waals surface area contributed by atoms with Crippen molar-refractivity contribution in [3.05, 3.63) is 18.2 Å². The van der Waals surface area contributed by atoms with Crippen molar-refractivity contribution in [2.24, 2.45) is 13.0 Å². The average Bonchev–Trinajstić information content (AvgIpc) is 2.90. The largest absolute Gasteiger partial charge is 0.338 e. The number of carbonyl (C=O) groups is 1. The third-order valence-corrected chi connectivity index (χ3v) is 3.56. The SMILES string of the molecule is Cn1ccnc1CCCC(=O)C1CCCC1. The van der Waals surface area contributed by atoms with Gasteiger partial charge in [0.25, 0.3) is 0 Å². The second kappa shape index (κ2) is 5.28. The summed E-state index contributed by atoms with van der Waals surface area (Å²) in [6, 6.07) is 0. The molecule has 0 amide bonds. The summed E-state index contributed by atoms with van der Waals surface area (Å²) < 4.78 is 2.03. The lowest BCUT2D eigenvalue weighted by Crippen LogP contribution is -2.11. The van der Waals surface area contributed by atoms with E-state index in [1.807, 2.05) is 24.0 Å². The van der Waals surface area contributed by atoms with Crippen molar-refractivity contribution < 1.29 is 4.79 Å². The number of Topliss-reactive ketones (excluding diaryl/α,β-unsaturated/α-hetero) is 1. The minimum Gasteiger partial charge on any atom is -0.338 e. The molecule has 1 fully saturated rings. The predicted octanol–water partition coefficient (Wildman–Crippen LogP) is 2.50. The van der Waals surface area contributed by atoms with E-state index in [2.05, 4.69) is 4.98 Å². The van der Waals surface area contributed by atoms with Gasteiger partial charge in [0.2, 0.25) is 0 Å². The van der Waals surface area contributed by atoms with Crippen LogP contribution in [0.2, 0.25) is 0 Å². The molecular formula is C13H20N2O. The van der Waals surface area contributed by atoms with Gasteiger partial charge in [0.1, 0.15) is 11.6 Å². The molecule has 0 spiro atoms. The third-order valence-electron chi connectivity index (χ3n) is 3.56. The number of aromatic nitrogens is 2. The molecule has 0 atom stereocenters. The van der Waals surface area contributed by atoms with Gasteiger partial charge in [-0.15, -0.1) is 0 Å². The van der Waals surface area contributed by atoms with E-state index in [4.69, 9.17) is 0 Å². The summed E-state index contributed by atoms with van der Waals surface area (Å²) in [5.74, 6) is 1.94. The second-order valence-electron chi connectivity index (χ2n) is 4.76. The first-order valence-electron chi connectivity index (χ1n) is 6.26. The summed E-state index contributed by atoms with van der Waals surface area (Å²) >= 11 is 0. The Morgan fingerprint density at radius 2 is 2.25 bits per heavy atom. The number of aryl methyl sites for hydroxylation is 2. The standard InChI is InChI=1S/C13H20N2O/c1-15-10-9-14-13(15)8-4-7-12(16)11-5-2-3-6-11/h9-11H,2-8H2,1H3. The maximum Gasteiger partial charge on any atom is 0.135 e. The Labute approximate surface area is 96.9 Å². The van der Waals surface area contributed by atoms with Gasteiger partial charge in [0.05, 0.1) is 0 Å². The molecule has 1 aliphatic rings. The Hall–Kier alpha value is -1.12. The van der Waals surface area contributed by atoms with Gasteiger partial charge in [0, 0.05) is 38.2 Å². The normalized spacial score (nSPS) is 16.8.